The number of halogens is 1. The molecule has 2 aromatic rings. The van der Waals surface area contributed by atoms with E-state index in [4.69, 9.17) is 11.6 Å². The van der Waals surface area contributed by atoms with Gasteiger partial charge in [0.15, 0.2) is 11.6 Å². The summed E-state index contributed by atoms with van der Waals surface area (Å²) in [5, 5.41) is 0.646. The Hall–Kier alpha value is -1.35. The highest BCUT2D eigenvalue weighted by Gasteiger charge is 2.13. The Morgan fingerprint density at radius 2 is 2.13 bits per heavy atom. The lowest BCUT2D eigenvalue weighted by molar-refractivity contribution is 0.100. The van der Waals surface area contributed by atoms with Gasteiger partial charge < -0.3 is 4.57 Å². The lowest BCUT2D eigenvalue weighted by atomic mass is 10.2. The molecular formula is C11H11ClN2O. The molecule has 0 aliphatic rings. The molecule has 0 atom stereocenters. The molecule has 2 rings (SSSR count). The number of hydrogen-bond donors (Lipinski definition) is 0. The van der Waals surface area contributed by atoms with E-state index in [1.165, 1.54) is 6.92 Å². The number of nitrogens with zero attached hydrogens (tertiary/aromatic N) is 2. The summed E-state index contributed by atoms with van der Waals surface area (Å²) in [6.45, 7) is 3.47. The molecule has 0 spiro atoms. The van der Waals surface area contributed by atoms with E-state index in [0.29, 0.717) is 10.8 Å². The van der Waals surface area contributed by atoms with E-state index in [1.807, 2.05) is 24.6 Å². The molecule has 0 aliphatic heterocycles. The molecule has 0 radical (unpaired) electrons. The predicted molar refractivity (Wildman–Crippen MR) is 60.5 cm³/mol. The lowest BCUT2D eigenvalue weighted by Gasteiger charge is -2.01. The number of carbonyl (C=O) groups is 1. The zero-order valence-corrected chi connectivity index (χ0v) is 9.59. The number of ketones is 1. The topological polar surface area (TPSA) is 34.9 Å². The largest absolute Gasteiger partial charge is 0.324 e. The van der Waals surface area contributed by atoms with Gasteiger partial charge in [-0.3, -0.25) is 4.79 Å². The standard InChI is InChI=1S/C11H11ClN2O/c1-6-4-8(12)5-9-10(6)14(3)11(13-9)7(2)15/h4-5H,1-3H3. The van der Waals surface area contributed by atoms with Crippen molar-refractivity contribution in [3.8, 4) is 0 Å². The number of fused-ring (bicyclic) bond motifs is 1. The van der Waals surface area contributed by atoms with Gasteiger partial charge in [0.2, 0.25) is 0 Å². The second kappa shape index (κ2) is 3.35. The predicted octanol–water partition coefficient (Wildman–Crippen LogP) is 2.74. The third-order valence-electron chi connectivity index (χ3n) is 2.44. The van der Waals surface area contributed by atoms with Crippen molar-refractivity contribution in [2.45, 2.75) is 13.8 Å². The number of hydrogen-bond acceptors (Lipinski definition) is 2. The summed E-state index contributed by atoms with van der Waals surface area (Å²) in [7, 11) is 1.84. The third-order valence-corrected chi connectivity index (χ3v) is 2.66. The maximum atomic E-state index is 11.3. The third kappa shape index (κ3) is 1.53. The fraction of sp³-hybridized carbons (Fsp3) is 0.273. The first kappa shape index (κ1) is 10.2. The van der Waals surface area contributed by atoms with Crippen molar-refractivity contribution < 1.29 is 4.79 Å². The molecule has 1 aromatic carbocycles. The lowest BCUT2D eigenvalue weighted by Crippen LogP contribution is -2.03. The van der Waals surface area contributed by atoms with E-state index in [2.05, 4.69) is 4.98 Å². The molecule has 0 unspecified atom stereocenters. The maximum Gasteiger partial charge on any atom is 0.195 e. The van der Waals surface area contributed by atoms with Gasteiger partial charge in [-0.1, -0.05) is 11.6 Å². The second-order valence-corrected chi connectivity index (χ2v) is 4.08. The molecular weight excluding hydrogens is 212 g/mol. The Morgan fingerprint density at radius 3 is 2.73 bits per heavy atom. The Morgan fingerprint density at radius 1 is 1.47 bits per heavy atom. The normalized spacial score (nSPS) is 10.9. The fourth-order valence-corrected chi connectivity index (χ4v) is 2.12. The molecule has 0 saturated carbocycles. The van der Waals surface area contributed by atoms with Crippen LogP contribution in [-0.2, 0) is 7.05 Å². The van der Waals surface area contributed by atoms with Crippen LogP contribution in [0.1, 0.15) is 23.1 Å². The van der Waals surface area contributed by atoms with E-state index < -0.39 is 0 Å². The van der Waals surface area contributed by atoms with Crippen molar-refractivity contribution >= 4 is 28.4 Å². The Bertz CT molecular complexity index is 557. The molecule has 0 N–H and O–H groups in total. The van der Waals surface area contributed by atoms with Gasteiger partial charge in [-0.2, -0.15) is 0 Å². The van der Waals surface area contributed by atoms with Crippen molar-refractivity contribution in [1.82, 2.24) is 9.55 Å². The summed E-state index contributed by atoms with van der Waals surface area (Å²) < 4.78 is 1.81. The van der Waals surface area contributed by atoms with Crippen LogP contribution < -0.4 is 0 Å². The monoisotopic (exact) mass is 222 g/mol. The van der Waals surface area contributed by atoms with Crippen molar-refractivity contribution in [1.29, 1.82) is 0 Å². The van der Waals surface area contributed by atoms with E-state index in [1.54, 1.807) is 6.07 Å². The average Bonchev–Trinajstić information content (AvgIpc) is 2.42. The summed E-state index contributed by atoms with van der Waals surface area (Å²) in [6, 6.07) is 3.64. The second-order valence-electron chi connectivity index (χ2n) is 3.64. The molecule has 3 nitrogen and oxygen atoms in total. The molecule has 1 heterocycles. The van der Waals surface area contributed by atoms with Crippen molar-refractivity contribution in [2.24, 2.45) is 7.05 Å². The van der Waals surface area contributed by atoms with Gasteiger partial charge in [0, 0.05) is 19.0 Å². The van der Waals surface area contributed by atoms with Crippen LogP contribution in [0, 0.1) is 6.92 Å². The molecule has 1 aromatic heterocycles. The van der Waals surface area contributed by atoms with Crippen LogP contribution in [0.15, 0.2) is 12.1 Å². The molecule has 15 heavy (non-hydrogen) atoms. The number of carbonyl (C=O) groups excluding carboxylic acids is 1. The van der Waals surface area contributed by atoms with Crippen LogP contribution in [0.25, 0.3) is 11.0 Å². The Balaban J connectivity index is 2.88. The number of imidazole rings is 1. The zero-order valence-electron chi connectivity index (χ0n) is 8.84. The number of Topliss-reactive ketones (excluding diaryl/α,β-unsaturated/α-hetero) is 1. The van der Waals surface area contributed by atoms with E-state index in [9.17, 15) is 4.79 Å². The van der Waals surface area contributed by atoms with Crippen molar-refractivity contribution in [3.05, 3.63) is 28.5 Å². The first-order chi connectivity index (χ1) is 7.00. The summed E-state index contributed by atoms with van der Waals surface area (Å²) in [5.41, 5.74) is 2.76. The van der Waals surface area contributed by atoms with E-state index in [0.717, 1.165) is 16.6 Å². The molecule has 4 heteroatoms. The highest BCUT2D eigenvalue weighted by molar-refractivity contribution is 6.31. The smallest absolute Gasteiger partial charge is 0.195 e. The fourth-order valence-electron chi connectivity index (χ4n) is 1.85. The molecule has 0 amide bonds. The maximum absolute atomic E-state index is 11.3. The summed E-state index contributed by atoms with van der Waals surface area (Å²) in [6.07, 6.45) is 0. The zero-order chi connectivity index (χ0) is 11.2. The first-order valence-electron chi connectivity index (χ1n) is 4.64. The average molecular weight is 223 g/mol. The molecule has 0 fully saturated rings. The van der Waals surface area contributed by atoms with Gasteiger partial charge in [0.25, 0.3) is 0 Å². The van der Waals surface area contributed by atoms with Gasteiger partial charge in [-0.05, 0) is 24.6 Å². The number of benzene rings is 1. The number of aromatic nitrogens is 2. The quantitative estimate of drug-likeness (QED) is 0.696. The van der Waals surface area contributed by atoms with Gasteiger partial charge >= 0.3 is 0 Å². The van der Waals surface area contributed by atoms with E-state index in [-0.39, 0.29) is 5.78 Å². The molecule has 0 bridgehead atoms. The minimum atomic E-state index is -0.0378. The minimum Gasteiger partial charge on any atom is -0.324 e. The Kier molecular flexibility index (Phi) is 2.27. The molecule has 0 aliphatic carbocycles. The summed E-state index contributed by atoms with van der Waals surface area (Å²) in [5.74, 6) is 0.430. The van der Waals surface area contributed by atoms with Crippen molar-refractivity contribution in [3.63, 3.8) is 0 Å². The Labute approximate surface area is 92.7 Å². The molecule has 78 valence electrons. The van der Waals surface area contributed by atoms with Crippen LogP contribution in [0.2, 0.25) is 5.02 Å². The van der Waals surface area contributed by atoms with Gasteiger partial charge in [-0.15, -0.1) is 0 Å². The number of aryl methyl sites for hydroxylation is 2. The van der Waals surface area contributed by atoms with Crippen molar-refractivity contribution in [2.75, 3.05) is 0 Å². The number of rotatable bonds is 1. The van der Waals surface area contributed by atoms with Crippen LogP contribution in [0.3, 0.4) is 0 Å². The van der Waals surface area contributed by atoms with Crippen LogP contribution in [0.4, 0.5) is 0 Å². The van der Waals surface area contributed by atoms with Crippen LogP contribution in [0.5, 0.6) is 0 Å². The van der Waals surface area contributed by atoms with Gasteiger partial charge in [0.1, 0.15) is 0 Å². The van der Waals surface area contributed by atoms with Crippen LogP contribution in [-0.4, -0.2) is 15.3 Å². The first-order valence-corrected chi connectivity index (χ1v) is 5.02. The highest BCUT2D eigenvalue weighted by atomic mass is 35.5. The summed E-state index contributed by atoms with van der Waals surface area (Å²) in [4.78, 5) is 15.6. The van der Waals surface area contributed by atoms with Gasteiger partial charge in [0.05, 0.1) is 11.0 Å². The minimum absolute atomic E-state index is 0.0378. The highest BCUT2D eigenvalue weighted by Crippen LogP contribution is 2.23. The molecule has 0 saturated heterocycles. The summed E-state index contributed by atoms with van der Waals surface area (Å²) >= 11 is 5.93. The SMILES string of the molecule is CC(=O)c1nc2cc(Cl)cc(C)c2n1C. The van der Waals surface area contributed by atoms with Gasteiger partial charge in [-0.25, -0.2) is 4.98 Å². The van der Waals surface area contributed by atoms with E-state index >= 15 is 0 Å². The van der Waals surface area contributed by atoms with Crippen LogP contribution >= 0.6 is 11.6 Å².